The smallest absolute Gasteiger partial charge is 0.316 e. The quantitative estimate of drug-likeness (QED) is 0.445. The minimum absolute atomic E-state index is 0.559. The normalized spacial score (nSPS) is 7.50. The van der Waals surface area contributed by atoms with E-state index in [2.05, 4.69) is 4.74 Å². The van der Waals surface area contributed by atoms with Crippen LogP contribution in [-0.2, 0) is 19.1 Å². The Kier molecular flexibility index (Phi) is 8.16. The van der Waals surface area contributed by atoms with Crippen LogP contribution in [0.15, 0.2) is 0 Å². The van der Waals surface area contributed by atoms with E-state index in [1.807, 2.05) is 0 Å². The molecule has 0 amide bonds. The number of aliphatic carboxylic acids is 2. The lowest BCUT2D eigenvalue weighted by atomic mass is 10.4. The molecule has 0 aromatic rings. The van der Waals surface area contributed by atoms with Crippen molar-refractivity contribution in [2.24, 2.45) is 0 Å². The molecule has 0 saturated carbocycles. The molecule has 0 aromatic heterocycles. The van der Waals surface area contributed by atoms with Crippen LogP contribution in [0, 0.1) is 0 Å². The molecule has 0 aliphatic carbocycles. The van der Waals surface area contributed by atoms with Crippen molar-refractivity contribution in [2.75, 3.05) is 7.11 Å². The van der Waals surface area contributed by atoms with E-state index in [0.717, 1.165) is 14.0 Å². The van der Waals surface area contributed by atoms with E-state index >= 15 is 0 Å². The Morgan fingerprint density at radius 1 is 1.25 bits per heavy atom. The van der Waals surface area contributed by atoms with Crippen LogP contribution in [0.1, 0.15) is 13.3 Å². The van der Waals surface area contributed by atoms with Crippen molar-refractivity contribution in [3.63, 3.8) is 0 Å². The summed E-state index contributed by atoms with van der Waals surface area (Å²) >= 11 is 0. The SMILES string of the molecule is CC(=O)O.COC(=O)CC(=O)O. The largest absolute Gasteiger partial charge is 0.481 e. The van der Waals surface area contributed by atoms with Crippen molar-refractivity contribution in [2.45, 2.75) is 13.3 Å². The maximum Gasteiger partial charge on any atom is 0.316 e. The van der Waals surface area contributed by atoms with Crippen LogP contribution >= 0.6 is 0 Å². The number of methoxy groups -OCH3 is 1. The zero-order valence-electron chi connectivity index (χ0n) is 6.73. The maximum absolute atomic E-state index is 10.0. The van der Waals surface area contributed by atoms with Gasteiger partial charge in [0.05, 0.1) is 7.11 Å². The van der Waals surface area contributed by atoms with Gasteiger partial charge in [0.15, 0.2) is 0 Å². The van der Waals surface area contributed by atoms with E-state index < -0.39 is 24.3 Å². The highest BCUT2D eigenvalue weighted by atomic mass is 16.5. The van der Waals surface area contributed by atoms with Gasteiger partial charge in [-0.2, -0.15) is 0 Å². The van der Waals surface area contributed by atoms with Gasteiger partial charge in [-0.05, 0) is 0 Å². The second-order valence-electron chi connectivity index (χ2n) is 1.67. The zero-order valence-corrected chi connectivity index (χ0v) is 6.73. The van der Waals surface area contributed by atoms with Crippen LogP contribution in [0.25, 0.3) is 0 Å². The maximum atomic E-state index is 10.0. The molecule has 0 aliphatic heterocycles. The van der Waals surface area contributed by atoms with Gasteiger partial charge in [0.2, 0.25) is 0 Å². The van der Waals surface area contributed by atoms with Gasteiger partial charge in [-0.15, -0.1) is 0 Å². The number of esters is 1. The average molecular weight is 178 g/mol. The number of carbonyl (C=O) groups is 3. The highest BCUT2D eigenvalue weighted by molar-refractivity contribution is 5.89. The number of hydrogen-bond acceptors (Lipinski definition) is 4. The fourth-order valence-electron chi connectivity index (χ4n) is 0.196. The van der Waals surface area contributed by atoms with Gasteiger partial charge in [-0.25, -0.2) is 0 Å². The molecule has 0 atom stereocenters. The molecule has 0 spiro atoms. The molecule has 0 aliphatic rings. The molecule has 0 fully saturated rings. The summed E-state index contributed by atoms with van der Waals surface area (Å²) in [4.78, 5) is 28.7. The molecule has 2 N–H and O–H groups in total. The molecular formula is C6H10O6. The molecule has 70 valence electrons. The van der Waals surface area contributed by atoms with Crippen LogP contribution in [-0.4, -0.2) is 35.2 Å². The average Bonchev–Trinajstić information content (AvgIpc) is 1.84. The van der Waals surface area contributed by atoms with Crippen molar-refractivity contribution in [1.82, 2.24) is 0 Å². The molecule has 0 saturated heterocycles. The predicted octanol–water partition coefficient (Wildman–Crippen LogP) is -0.275. The number of carboxylic acid groups (broad SMARTS) is 2. The lowest BCUT2D eigenvalue weighted by Gasteiger charge is -1.90. The van der Waals surface area contributed by atoms with Crippen molar-refractivity contribution >= 4 is 17.9 Å². The molecule has 0 unspecified atom stereocenters. The van der Waals surface area contributed by atoms with Gasteiger partial charge in [0, 0.05) is 6.92 Å². The van der Waals surface area contributed by atoms with E-state index in [1.165, 1.54) is 0 Å². The number of rotatable bonds is 2. The molecule has 12 heavy (non-hydrogen) atoms. The van der Waals surface area contributed by atoms with E-state index in [0.29, 0.717) is 0 Å². The van der Waals surface area contributed by atoms with Crippen LogP contribution in [0.5, 0.6) is 0 Å². The molecule has 0 heterocycles. The summed E-state index contributed by atoms with van der Waals surface area (Å²) in [6.45, 7) is 1.08. The Morgan fingerprint density at radius 3 is 1.67 bits per heavy atom. The van der Waals surface area contributed by atoms with E-state index in [-0.39, 0.29) is 0 Å². The summed E-state index contributed by atoms with van der Waals surface area (Å²) < 4.78 is 4.04. The number of carboxylic acids is 2. The van der Waals surface area contributed by atoms with Gasteiger partial charge < -0.3 is 14.9 Å². The summed E-state index contributed by atoms with van der Waals surface area (Å²) in [5.41, 5.74) is 0. The monoisotopic (exact) mass is 178 g/mol. The lowest BCUT2D eigenvalue weighted by Crippen LogP contribution is -2.07. The van der Waals surface area contributed by atoms with Crippen molar-refractivity contribution in [1.29, 1.82) is 0 Å². The fraction of sp³-hybridized carbons (Fsp3) is 0.500. The first-order valence-electron chi connectivity index (χ1n) is 2.88. The first-order valence-corrected chi connectivity index (χ1v) is 2.88. The summed E-state index contributed by atoms with van der Waals surface area (Å²) in [5.74, 6) is -2.73. The van der Waals surface area contributed by atoms with Crippen LogP contribution in [0.2, 0.25) is 0 Å². The Hall–Kier alpha value is -1.59. The first kappa shape index (κ1) is 13.0. The minimum Gasteiger partial charge on any atom is -0.481 e. The van der Waals surface area contributed by atoms with E-state index in [1.54, 1.807) is 0 Å². The van der Waals surface area contributed by atoms with Crippen molar-refractivity contribution in [3.8, 4) is 0 Å². The van der Waals surface area contributed by atoms with E-state index in [4.69, 9.17) is 15.0 Å². The second kappa shape index (κ2) is 7.52. The Labute approximate surface area is 68.8 Å². The van der Waals surface area contributed by atoms with Crippen molar-refractivity contribution < 1.29 is 29.3 Å². The predicted molar refractivity (Wildman–Crippen MR) is 37.6 cm³/mol. The Bertz CT molecular complexity index is 169. The topological polar surface area (TPSA) is 101 Å². The molecule has 0 radical (unpaired) electrons. The fourth-order valence-corrected chi connectivity index (χ4v) is 0.196. The van der Waals surface area contributed by atoms with Crippen LogP contribution in [0.3, 0.4) is 0 Å². The third-order valence-electron chi connectivity index (χ3n) is 0.523. The summed E-state index contributed by atoms with van der Waals surface area (Å²) in [7, 11) is 1.14. The molecular weight excluding hydrogens is 168 g/mol. The van der Waals surface area contributed by atoms with Crippen molar-refractivity contribution in [3.05, 3.63) is 0 Å². The number of carbonyl (C=O) groups excluding carboxylic acids is 1. The Morgan fingerprint density at radius 2 is 1.58 bits per heavy atom. The van der Waals surface area contributed by atoms with Crippen LogP contribution in [0.4, 0.5) is 0 Å². The minimum atomic E-state index is -1.17. The standard InChI is InChI=1S/C4H6O4.C2H4O2/c1-8-4(7)2-3(5)6;1-2(3)4/h2H2,1H3,(H,5,6);1H3,(H,3,4). The van der Waals surface area contributed by atoms with Gasteiger partial charge in [0.25, 0.3) is 5.97 Å². The second-order valence-corrected chi connectivity index (χ2v) is 1.67. The molecule has 6 nitrogen and oxygen atoms in total. The van der Waals surface area contributed by atoms with E-state index in [9.17, 15) is 9.59 Å². The van der Waals surface area contributed by atoms with Gasteiger partial charge in [0.1, 0.15) is 6.42 Å². The number of hydrogen-bond donors (Lipinski definition) is 2. The highest BCUT2D eigenvalue weighted by Crippen LogP contribution is 1.80. The summed E-state index contributed by atoms with van der Waals surface area (Å²) in [6, 6.07) is 0. The number of ether oxygens (including phenoxy) is 1. The van der Waals surface area contributed by atoms with Gasteiger partial charge in [-0.1, -0.05) is 0 Å². The van der Waals surface area contributed by atoms with Crippen LogP contribution < -0.4 is 0 Å². The summed E-state index contributed by atoms with van der Waals surface area (Å²) in [5, 5.41) is 15.3. The molecule has 0 rings (SSSR count). The Balaban J connectivity index is 0. The molecule has 0 bridgehead atoms. The highest BCUT2D eigenvalue weighted by Gasteiger charge is 2.04. The zero-order chi connectivity index (χ0) is 10.1. The third-order valence-corrected chi connectivity index (χ3v) is 0.523. The molecule has 6 heteroatoms. The lowest BCUT2D eigenvalue weighted by molar-refractivity contribution is -0.149. The van der Waals surface area contributed by atoms with Gasteiger partial charge in [-0.3, -0.25) is 14.4 Å². The molecule has 0 aromatic carbocycles. The van der Waals surface area contributed by atoms with Gasteiger partial charge >= 0.3 is 11.9 Å². The first-order chi connectivity index (χ1) is 5.40. The third kappa shape index (κ3) is 23.7. The summed E-state index contributed by atoms with van der Waals surface area (Å²) in [6.07, 6.45) is -0.559.